The summed E-state index contributed by atoms with van der Waals surface area (Å²) in [5, 5.41) is 11.1. The standard InChI is InChI=1S/C10H18N2O3/c1-3-9(13)11-6-4-7-12(2)8-5-10(14)15/h3H,1,4-8H2,2H3,(H,11,13)(H,14,15). The first-order valence-corrected chi connectivity index (χ1v) is 4.87. The van der Waals surface area contributed by atoms with E-state index in [0.29, 0.717) is 13.1 Å². The van der Waals surface area contributed by atoms with Crippen molar-refractivity contribution in [1.82, 2.24) is 10.2 Å². The first-order valence-electron chi connectivity index (χ1n) is 4.87. The number of nitrogens with zero attached hydrogens (tertiary/aromatic N) is 1. The van der Waals surface area contributed by atoms with Crippen molar-refractivity contribution in [3.63, 3.8) is 0 Å². The summed E-state index contributed by atoms with van der Waals surface area (Å²) < 4.78 is 0. The molecule has 0 saturated heterocycles. The first-order chi connectivity index (χ1) is 7.06. The lowest BCUT2D eigenvalue weighted by atomic mass is 10.3. The number of nitrogens with one attached hydrogen (secondary N) is 1. The van der Waals surface area contributed by atoms with Crippen molar-refractivity contribution in [2.24, 2.45) is 0 Å². The number of carbonyl (C=O) groups excluding carboxylic acids is 1. The van der Waals surface area contributed by atoms with Crippen LogP contribution in [0.5, 0.6) is 0 Å². The zero-order chi connectivity index (χ0) is 11.7. The SMILES string of the molecule is C=CC(=O)NCCCN(C)CCC(=O)O. The van der Waals surface area contributed by atoms with Gasteiger partial charge in [-0.15, -0.1) is 0 Å². The molecule has 1 amide bonds. The Kier molecular flexibility index (Phi) is 7.27. The molecule has 15 heavy (non-hydrogen) atoms. The van der Waals surface area contributed by atoms with Gasteiger partial charge in [-0.1, -0.05) is 6.58 Å². The number of carboxylic acid groups (broad SMARTS) is 1. The minimum atomic E-state index is -0.790. The molecule has 0 aliphatic carbocycles. The highest BCUT2D eigenvalue weighted by Crippen LogP contribution is 1.89. The second kappa shape index (κ2) is 7.99. The van der Waals surface area contributed by atoms with Crippen molar-refractivity contribution in [1.29, 1.82) is 0 Å². The molecule has 0 heterocycles. The van der Waals surface area contributed by atoms with Crippen molar-refractivity contribution in [2.45, 2.75) is 12.8 Å². The van der Waals surface area contributed by atoms with Gasteiger partial charge < -0.3 is 15.3 Å². The predicted octanol–water partition coefficient (Wildman–Crippen LogP) is 0.0852. The Morgan fingerprint density at radius 1 is 1.47 bits per heavy atom. The van der Waals surface area contributed by atoms with Gasteiger partial charge in [-0.05, 0) is 26.1 Å². The molecule has 0 aromatic heterocycles. The van der Waals surface area contributed by atoms with E-state index in [0.717, 1.165) is 13.0 Å². The average molecular weight is 214 g/mol. The third kappa shape index (κ3) is 8.96. The second-order valence-electron chi connectivity index (χ2n) is 3.30. The minimum absolute atomic E-state index is 0.148. The van der Waals surface area contributed by atoms with E-state index in [1.807, 2.05) is 11.9 Å². The Bertz CT molecular complexity index is 229. The number of amides is 1. The van der Waals surface area contributed by atoms with Crippen molar-refractivity contribution in [2.75, 3.05) is 26.7 Å². The minimum Gasteiger partial charge on any atom is -0.481 e. The first kappa shape index (κ1) is 13.6. The molecule has 0 atom stereocenters. The molecule has 0 fully saturated rings. The van der Waals surface area contributed by atoms with Crippen LogP contribution < -0.4 is 5.32 Å². The molecule has 0 unspecified atom stereocenters. The third-order valence-electron chi connectivity index (χ3n) is 1.91. The van der Waals surface area contributed by atoms with Gasteiger partial charge in [-0.2, -0.15) is 0 Å². The number of aliphatic carboxylic acids is 1. The lowest BCUT2D eigenvalue weighted by Gasteiger charge is -2.14. The maximum Gasteiger partial charge on any atom is 0.304 e. The Balaban J connectivity index is 3.38. The molecule has 0 aromatic carbocycles. The lowest BCUT2D eigenvalue weighted by Crippen LogP contribution is -2.28. The van der Waals surface area contributed by atoms with E-state index in [4.69, 9.17) is 5.11 Å². The van der Waals surface area contributed by atoms with Crippen LogP contribution in [0.4, 0.5) is 0 Å². The fourth-order valence-corrected chi connectivity index (χ4v) is 1.03. The molecular weight excluding hydrogens is 196 g/mol. The van der Waals surface area contributed by atoms with E-state index in [1.165, 1.54) is 6.08 Å². The van der Waals surface area contributed by atoms with Crippen LogP contribution in [0.2, 0.25) is 0 Å². The van der Waals surface area contributed by atoms with Gasteiger partial charge in [-0.3, -0.25) is 9.59 Å². The summed E-state index contributed by atoms with van der Waals surface area (Å²) >= 11 is 0. The fourth-order valence-electron chi connectivity index (χ4n) is 1.03. The second-order valence-corrected chi connectivity index (χ2v) is 3.30. The van der Waals surface area contributed by atoms with E-state index < -0.39 is 5.97 Å². The van der Waals surface area contributed by atoms with Crippen molar-refractivity contribution in [3.05, 3.63) is 12.7 Å². The van der Waals surface area contributed by atoms with Gasteiger partial charge in [0, 0.05) is 13.1 Å². The summed E-state index contributed by atoms with van der Waals surface area (Å²) in [5.41, 5.74) is 0. The molecule has 0 aromatic rings. The molecule has 5 nitrogen and oxygen atoms in total. The monoisotopic (exact) mass is 214 g/mol. The Morgan fingerprint density at radius 2 is 2.13 bits per heavy atom. The third-order valence-corrected chi connectivity index (χ3v) is 1.91. The largest absolute Gasteiger partial charge is 0.481 e. The van der Waals surface area contributed by atoms with E-state index in [9.17, 15) is 9.59 Å². The molecule has 0 saturated carbocycles. The zero-order valence-electron chi connectivity index (χ0n) is 9.03. The molecule has 2 N–H and O–H groups in total. The van der Waals surface area contributed by atoms with Gasteiger partial charge in [0.2, 0.25) is 5.91 Å². The smallest absolute Gasteiger partial charge is 0.304 e. The number of carboxylic acids is 1. The Morgan fingerprint density at radius 3 is 2.67 bits per heavy atom. The van der Waals surface area contributed by atoms with E-state index >= 15 is 0 Å². The maximum atomic E-state index is 10.8. The van der Waals surface area contributed by atoms with Crippen LogP contribution >= 0.6 is 0 Å². The van der Waals surface area contributed by atoms with Crippen LogP contribution in [-0.2, 0) is 9.59 Å². The summed E-state index contributed by atoms with van der Waals surface area (Å²) in [6.07, 6.45) is 2.18. The molecule has 0 bridgehead atoms. The van der Waals surface area contributed by atoms with Crippen LogP contribution in [0.3, 0.4) is 0 Å². The van der Waals surface area contributed by atoms with Gasteiger partial charge >= 0.3 is 5.97 Å². The summed E-state index contributed by atoms with van der Waals surface area (Å²) in [5.74, 6) is -0.968. The molecule has 0 aliphatic rings. The number of rotatable bonds is 8. The maximum absolute atomic E-state index is 10.8. The normalized spacial score (nSPS) is 10.0. The number of hydrogen-bond acceptors (Lipinski definition) is 3. The van der Waals surface area contributed by atoms with Crippen LogP contribution in [0.1, 0.15) is 12.8 Å². The van der Waals surface area contributed by atoms with Crippen molar-refractivity contribution >= 4 is 11.9 Å². The van der Waals surface area contributed by atoms with Crippen LogP contribution in [0.25, 0.3) is 0 Å². The van der Waals surface area contributed by atoms with Crippen molar-refractivity contribution in [3.8, 4) is 0 Å². The van der Waals surface area contributed by atoms with E-state index in [2.05, 4.69) is 11.9 Å². The highest BCUT2D eigenvalue weighted by atomic mass is 16.4. The van der Waals surface area contributed by atoms with E-state index in [-0.39, 0.29) is 12.3 Å². The molecule has 0 rings (SSSR count). The molecule has 0 aliphatic heterocycles. The van der Waals surface area contributed by atoms with Gasteiger partial charge in [0.1, 0.15) is 0 Å². The zero-order valence-corrected chi connectivity index (χ0v) is 9.03. The van der Waals surface area contributed by atoms with Gasteiger partial charge in [0.15, 0.2) is 0 Å². The van der Waals surface area contributed by atoms with Crippen LogP contribution in [0.15, 0.2) is 12.7 Å². The summed E-state index contributed by atoms with van der Waals surface area (Å²) in [6.45, 7) is 5.22. The molecule has 0 spiro atoms. The molecule has 5 heteroatoms. The topological polar surface area (TPSA) is 69.6 Å². The number of carbonyl (C=O) groups is 2. The summed E-state index contributed by atoms with van der Waals surface area (Å²) in [7, 11) is 1.86. The Hall–Kier alpha value is -1.36. The summed E-state index contributed by atoms with van der Waals surface area (Å²) in [6, 6.07) is 0. The highest BCUT2D eigenvalue weighted by molar-refractivity contribution is 5.86. The quantitative estimate of drug-likeness (QED) is 0.443. The molecular formula is C10H18N2O3. The lowest BCUT2D eigenvalue weighted by molar-refractivity contribution is -0.137. The molecule has 0 radical (unpaired) electrons. The van der Waals surface area contributed by atoms with Gasteiger partial charge in [0.25, 0.3) is 0 Å². The fraction of sp³-hybridized carbons (Fsp3) is 0.600. The molecule has 86 valence electrons. The van der Waals surface area contributed by atoms with Gasteiger partial charge in [-0.25, -0.2) is 0 Å². The Labute approximate surface area is 89.8 Å². The van der Waals surface area contributed by atoms with Crippen LogP contribution in [-0.4, -0.2) is 48.6 Å². The average Bonchev–Trinajstić information content (AvgIpc) is 2.21. The number of hydrogen-bond donors (Lipinski definition) is 2. The highest BCUT2D eigenvalue weighted by Gasteiger charge is 2.02. The summed E-state index contributed by atoms with van der Waals surface area (Å²) in [4.78, 5) is 22.9. The van der Waals surface area contributed by atoms with Crippen LogP contribution in [0, 0.1) is 0 Å². The van der Waals surface area contributed by atoms with Gasteiger partial charge in [0.05, 0.1) is 6.42 Å². The van der Waals surface area contributed by atoms with Crippen molar-refractivity contribution < 1.29 is 14.7 Å². The predicted molar refractivity (Wildman–Crippen MR) is 57.6 cm³/mol. The van der Waals surface area contributed by atoms with E-state index in [1.54, 1.807) is 0 Å².